The van der Waals surface area contributed by atoms with Crippen molar-refractivity contribution < 1.29 is 5.11 Å². The van der Waals surface area contributed by atoms with Crippen LogP contribution in [0, 0.1) is 0 Å². The lowest BCUT2D eigenvalue weighted by molar-refractivity contribution is 0.251. The third-order valence-corrected chi connectivity index (χ3v) is 3.06. The van der Waals surface area contributed by atoms with Crippen molar-refractivity contribution in [3.05, 3.63) is 29.8 Å². The Hall–Kier alpha value is -1.06. The fourth-order valence-electron chi connectivity index (χ4n) is 2.28. The highest BCUT2D eigenvalue weighted by Gasteiger charge is 2.22. The molecular formula is C12H18N2O. The first-order valence-electron chi connectivity index (χ1n) is 5.54. The Labute approximate surface area is 90.5 Å². The first-order valence-corrected chi connectivity index (χ1v) is 5.54. The largest absolute Gasteiger partial charge is 0.508 e. The molecule has 0 saturated carbocycles. The average molecular weight is 206 g/mol. The number of hydrogen-bond acceptors (Lipinski definition) is 3. The molecule has 0 radical (unpaired) electrons. The number of nitrogens with zero attached hydrogens (tertiary/aromatic N) is 1. The fourth-order valence-corrected chi connectivity index (χ4v) is 2.28. The van der Waals surface area contributed by atoms with Crippen LogP contribution < -0.4 is 5.73 Å². The van der Waals surface area contributed by atoms with Crippen LogP contribution >= 0.6 is 0 Å². The molecule has 0 spiro atoms. The Bertz CT molecular complexity index is 321. The molecule has 1 fully saturated rings. The molecule has 1 aliphatic rings. The molecule has 3 nitrogen and oxygen atoms in total. The highest BCUT2D eigenvalue weighted by Crippen LogP contribution is 2.26. The van der Waals surface area contributed by atoms with Crippen molar-refractivity contribution in [3.8, 4) is 5.75 Å². The summed E-state index contributed by atoms with van der Waals surface area (Å²) < 4.78 is 0. The van der Waals surface area contributed by atoms with Gasteiger partial charge in [-0.25, -0.2) is 0 Å². The first-order chi connectivity index (χ1) is 7.31. The van der Waals surface area contributed by atoms with E-state index in [1.807, 2.05) is 18.2 Å². The molecule has 3 heteroatoms. The second-order valence-corrected chi connectivity index (χ2v) is 4.09. The lowest BCUT2D eigenvalue weighted by Crippen LogP contribution is -2.31. The van der Waals surface area contributed by atoms with E-state index in [1.54, 1.807) is 6.07 Å². The molecule has 0 unspecified atom stereocenters. The lowest BCUT2D eigenvalue weighted by atomic mass is 10.1. The van der Waals surface area contributed by atoms with Crippen LogP contribution in [0.25, 0.3) is 0 Å². The molecule has 82 valence electrons. The maximum Gasteiger partial charge on any atom is 0.115 e. The number of hydrogen-bond donors (Lipinski definition) is 2. The molecule has 0 aliphatic carbocycles. The quantitative estimate of drug-likeness (QED) is 0.787. The molecule has 1 aromatic carbocycles. The zero-order chi connectivity index (χ0) is 10.7. The van der Waals surface area contributed by atoms with Gasteiger partial charge >= 0.3 is 0 Å². The topological polar surface area (TPSA) is 49.5 Å². The summed E-state index contributed by atoms with van der Waals surface area (Å²) in [5.74, 6) is 0.324. The van der Waals surface area contributed by atoms with Gasteiger partial charge in [0.2, 0.25) is 0 Å². The summed E-state index contributed by atoms with van der Waals surface area (Å²) in [5, 5.41) is 9.44. The van der Waals surface area contributed by atoms with Crippen LogP contribution in [0.1, 0.15) is 24.4 Å². The number of benzene rings is 1. The lowest BCUT2D eigenvalue weighted by Gasteiger charge is -2.26. The van der Waals surface area contributed by atoms with E-state index < -0.39 is 0 Å². The van der Waals surface area contributed by atoms with Gasteiger partial charge < -0.3 is 10.8 Å². The zero-order valence-electron chi connectivity index (χ0n) is 8.89. The fraction of sp³-hybridized carbons (Fsp3) is 0.500. The van der Waals surface area contributed by atoms with Crippen LogP contribution in [0.3, 0.4) is 0 Å². The minimum absolute atomic E-state index is 0.264. The Morgan fingerprint density at radius 3 is 2.67 bits per heavy atom. The monoisotopic (exact) mass is 206 g/mol. The van der Waals surface area contributed by atoms with Gasteiger partial charge in [-0.1, -0.05) is 12.1 Å². The van der Waals surface area contributed by atoms with E-state index in [4.69, 9.17) is 5.73 Å². The van der Waals surface area contributed by atoms with E-state index in [-0.39, 0.29) is 6.04 Å². The van der Waals surface area contributed by atoms with Crippen molar-refractivity contribution in [1.29, 1.82) is 0 Å². The molecule has 2 rings (SSSR count). The van der Waals surface area contributed by atoms with E-state index in [0.717, 1.165) is 18.7 Å². The number of phenolic OH excluding ortho intramolecular Hbond substituents is 1. The Morgan fingerprint density at radius 1 is 1.33 bits per heavy atom. The summed E-state index contributed by atoms with van der Waals surface area (Å²) in [6, 6.07) is 7.69. The van der Waals surface area contributed by atoms with Gasteiger partial charge in [0.1, 0.15) is 5.75 Å². The molecule has 1 heterocycles. The second kappa shape index (κ2) is 4.64. The van der Waals surface area contributed by atoms with Crippen molar-refractivity contribution >= 4 is 0 Å². The maximum absolute atomic E-state index is 9.44. The molecule has 0 bridgehead atoms. The molecule has 15 heavy (non-hydrogen) atoms. The average Bonchev–Trinajstić information content (AvgIpc) is 2.72. The van der Waals surface area contributed by atoms with Crippen molar-refractivity contribution in [1.82, 2.24) is 4.90 Å². The maximum atomic E-state index is 9.44. The van der Waals surface area contributed by atoms with Crippen LogP contribution in [-0.4, -0.2) is 29.6 Å². The Balaban J connectivity index is 2.18. The minimum Gasteiger partial charge on any atom is -0.508 e. The minimum atomic E-state index is 0.264. The SMILES string of the molecule is NC[C@@H](c1cccc(O)c1)N1CCCC1. The number of likely N-dealkylation sites (tertiary alicyclic amines) is 1. The molecule has 1 saturated heterocycles. The molecule has 1 atom stereocenters. The standard InChI is InChI=1S/C12H18N2O/c13-9-12(14-6-1-2-7-14)10-4-3-5-11(15)8-10/h3-5,8,12,15H,1-2,6-7,9,13H2/t12-/m0/s1. The highest BCUT2D eigenvalue weighted by atomic mass is 16.3. The van der Waals surface area contributed by atoms with Gasteiger partial charge in [-0.15, -0.1) is 0 Å². The van der Waals surface area contributed by atoms with Crippen molar-refractivity contribution in [2.24, 2.45) is 5.73 Å². The predicted molar refractivity (Wildman–Crippen MR) is 60.7 cm³/mol. The van der Waals surface area contributed by atoms with E-state index in [9.17, 15) is 5.11 Å². The smallest absolute Gasteiger partial charge is 0.115 e. The number of nitrogens with two attached hydrogens (primary N) is 1. The van der Waals surface area contributed by atoms with E-state index in [1.165, 1.54) is 12.8 Å². The van der Waals surface area contributed by atoms with Crippen LogP contribution in [0.4, 0.5) is 0 Å². The molecule has 1 aliphatic heterocycles. The number of rotatable bonds is 3. The van der Waals surface area contributed by atoms with Gasteiger partial charge in [0.15, 0.2) is 0 Å². The van der Waals surface area contributed by atoms with Gasteiger partial charge in [-0.3, -0.25) is 4.90 Å². The van der Waals surface area contributed by atoms with Gasteiger partial charge in [0.25, 0.3) is 0 Å². The molecule has 3 N–H and O–H groups in total. The summed E-state index contributed by atoms with van der Waals surface area (Å²) in [6.07, 6.45) is 2.52. The normalized spacial score (nSPS) is 19.3. The van der Waals surface area contributed by atoms with Gasteiger partial charge in [0, 0.05) is 12.6 Å². The summed E-state index contributed by atoms with van der Waals surface area (Å²) in [5.41, 5.74) is 6.94. The Morgan fingerprint density at radius 2 is 2.07 bits per heavy atom. The summed E-state index contributed by atoms with van der Waals surface area (Å²) in [6.45, 7) is 2.86. The summed E-state index contributed by atoms with van der Waals surface area (Å²) in [7, 11) is 0. The first kappa shape index (κ1) is 10.5. The van der Waals surface area contributed by atoms with Gasteiger partial charge in [-0.05, 0) is 43.6 Å². The van der Waals surface area contributed by atoms with Crippen LogP contribution in [0.5, 0.6) is 5.75 Å². The van der Waals surface area contributed by atoms with Crippen molar-refractivity contribution in [3.63, 3.8) is 0 Å². The molecule has 0 aromatic heterocycles. The zero-order valence-corrected chi connectivity index (χ0v) is 8.89. The molecular weight excluding hydrogens is 188 g/mol. The Kier molecular flexibility index (Phi) is 3.23. The van der Waals surface area contributed by atoms with E-state index >= 15 is 0 Å². The number of phenols is 1. The van der Waals surface area contributed by atoms with Crippen LogP contribution in [0.15, 0.2) is 24.3 Å². The van der Waals surface area contributed by atoms with Crippen molar-refractivity contribution in [2.75, 3.05) is 19.6 Å². The third kappa shape index (κ3) is 2.30. The van der Waals surface area contributed by atoms with Gasteiger partial charge in [0.05, 0.1) is 0 Å². The van der Waals surface area contributed by atoms with E-state index in [0.29, 0.717) is 12.3 Å². The van der Waals surface area contributed by atoms with Crippen LogP contribution in [-0.2, 0) is 0 Å². The number of aromatic hydroxyl groups is 1. The van der Waals surface area contributed by atoms with E-state index in [2.05, 4.69) is 4.90 Å². The second-order valence-electron chi connectivity index (χ2n) is 4.09. The van der Waals surface area contributed by atoms with Gasteiger partial charge in [-0.2, -0.15) is 0 Å². The highest BCUT2D eigenvalue weighted by molar-refractivity contribution is 5.29. The molecule has 1 aromatic rings. The predicted octanol–water partition coefficient (Wildman–Crippen LogP) is 1.49. The third-order valence-electron chi connectivity index (χ3n) is 3.06. The summed E-state index contributed by atoms with van der Waals surface area (Å²) >= 11 is 0. The summed E-state index contributed by atoms with van der Waals surface area (Å²) in [4.78, 5) is 2.40. The molecule has 0 amide bonds. The van der Waals surface area contributed by atoms with Crippen molar-refractivity contribution in [2.45, 2.75) is 18.9 Å². The van der Waals surface area contributed by atoms with Crippen LogP contribution in [0.2, 0.25) is 0 Å².